The summed E-state index contributed by atoms with van der Waals surface area (Å²) >= 11 is 0. The zero-order chi connectivity index (χ0) is 21.6. The number of carbonyl (C=O) groups excluding carboxylic acids is 2. The van der Waals surface area contributed by atoms with Gasteiger partial charge in [0.25, 0.3) is 5.91 Å². The molecule has 7 heteroatoms. The predicted octanol–water partition coefficient (Wildman–Crippen LogP) is 3.56. The number of hydrogen-bond acceptors (Lipinski definition) is 4. The molecule has 2 aromatic carbocycles. The third-order valence-corrected chi connectivity index (χ3v) is 6.62. The molecule has 0 aliphatic carbocycles. The van der Waals surface area contributed by atoms with Crippen molar-refractivity contribution in [3.8, 4) is 0 Å². The molecule has 0 saturated carbocycles. The number of aryl methyl sites for hydroxylation is 1. The molecule has 2 aromatic rings. The SMILES string of the molecule is Cc1ccc(NC(=O)CS(=O)(=O)Cc2cccc(C(=O)N3CCCCCC3)c2)cc1. The number of sulfone groups is 1. The number of carbonyl (C=O) groups is 2. The molecule has 1 N–H and O–H groups in total. The van der Waals surface area contributed by atoms with Gasteiger partial charge in [0, 0.05) is 24.3 Å². The van der Waals surface area contributed by atoms with E-state index in [-0.39, 0.29) is 11.7 Å². The second kappa shape index (κ2) is 9.89. The van der Waals surface area contributed by atoms with Crippen LogP contribution in [0.1, 0.15) is 47.2 Å². The first-order chi connectivity index (χ1) is 14.3. The van der Waals surface area contributed by atoms with Gasteiger partial charge in [0.15, 0.2) is 9.84 Å². The number of likely N-dealkylation sites (tertiary alicyclic amines) is 1. The van der Waals surface area contributed by atoms with E-state index in [9.17, 15) is 18.0 Å². The molecule has 160 valence electrons. The molecule has 30 heavy (non-hydrogen) atoms. The van der Waals surface area contributed by atoms with Crippen LogP contribution in [0.25, 0.3) is 0 Å². The summed E-state index contributed by atoms with van der Waals surface area (Å²) in [6, 6.07) is 13.9. The molecule has 6 nitrogen and oxygen atoms in total. The van der Waals surface area contributed by atoms with E-state index in [2.05, 4.69) is 5.32 Å². The van der Waals surface area contributed by atoms with Gasteiger partial charge in [-0.1, -0.05) is 42.7 Å². The van der Waals surface area contributed by atoms with Crippen LogP contribution >= 0.6 is 0 Å². The van der Waals surface area contributed by atoms with Crippen LogP contribution in [-0.4, -0.2) is 44.0 Å². The van der Waals surface area contributed by atoms with Gasteiger partial charge < -0.3 is 10.2 Å². The fourth-order valence-electron chi connectivity index (χ4n) is 3.59. The van der Waals surface area contributed by atoms with E-state index in [1.165, 1.54) is 0 Å². The number of amides is 2. The van der Waals surface area contributed by atoms with Crippen LogP contribution in [0.3, 0.4) is 0 Å². The molecule has 2 amide bonds. The minimum absolute atomic E-state index is 0.0618. The Bertz CT molecular complexity index is 992. The van der Waals surface area contributed by atoms with Crippen LogP contribution in [0.4, 0.5) is 5.69 Å². The Balaban J connectivity index is 1.63. The first-order valence-electron chi connectivity index (χ1n) is 10.3. The molecule has 1 aliphatic heterocycles. The second-order valence-electron chi connectivity index (χ2n) is 7.85. The van der Waals surface area contributed by atoms with Crippen molar-refractivity contribution in [1.29, 1.82) is 0 Å². The Morgan fingerprint density at radius 1 is 0.967 bits per heavy atom. The highest BCUT2D eigenvalue weighted by Crippen LogP contribution is 2.16. The minimum Gasteiger partial charge on any atom is -0.339 e. The monoisotopic (exact) mass is 428 g/mol. The number of nitrogens with zero attached hydrogens (tertiary/aromatic N) is 1. The highest BCUT2D eigenvalue weighted by Gasteiger charge is 2.20. The largest absolute Gasteiger partial charge is 0.339 e. The molecular weight excluding hydrogens is 400 g/mol. The highest BCUT2D eigenvalue weighted by molar-refractivity contribution is 7.91. The van der Waals surface area contributed by atoms with Gasteiger partial charge >= 0.3 is 0 Å². The summed E-state index contributed by atoms with van der Waals surface area (Å²) in [5.74, 6) is -1.52. The van der Waals surface area contributed by atoms with Crippen LogP contribution in [0.5, 0.6) is 0 Å². The molecule has 0 spiro atoms. The Kier molecular flexibility index (Phi) is 7.26. The quantitative estimate of drug-likeness (QED) is 0.762. The van der Waals surface area contributed by atoms with Gasteiger partial charge in [-0.3, -0.25) is 9.59 Å². The summed E-state index contributed by atoms with van der Waals surface area (Å²) in [6.07, 6.45) is 4.26. The van der Waals surface area contributed by atoms with Crippen molar-refractivity contribution < 1.29 is 18.0 Å². The van der Waals surface area contributed by atoms with Gasteiger partial charge in [0.2, 0.25) is 5.91 Å². The first-order valence-corrected chi connectivity index (χ1v) is 12.1. The lowest BCUT2D eigenvalue weighted by molar-refractivity contribution is -0.113. The van der Waals surface area contributed by atoms with E-state index in [4.69, 9.17) is 0 Å². The lowest BCUT2D eigenvalue weighted by atomic mass is 10.1. The van der Waals surface area contributed by atoms with E-state index in [1.54, 1.807) is 36.4 Å². The predicted molar refractivity (Wildman–Crippen MR) is 118 cm³/mol. The number of hydrogen-bond donors (Lipinski definition) is 1. The van der Waals surface area contributed by atoms with Crippen molar-refractivity contribution in [2.45, 2.75) is 38.4 Å². The van der Waals surface area contributed by atoms with Crippen molar-refractivity contribution in [3.63, 3.8) is 0 Å². The van der Waals surface area contributed by atoms with Crippen LogP contribution in [0.2, 0.25) is 0 Å². The summed E-state index contributed by atoms with van der Waals surface area (Å²) in [4.78, 5) is 26.8. The van der Waals surface area contributed by atoms with Crippen molar-refractivity contribution >= 4 is 27.3 Å². The van der Waals surface area contributed by atoms with E-state index < -0.39 is 21.5 Å². The minimum atomic E-state index is -3.67. The van der Waals surface area contributed by atoms with E-state index in [0.29, 0.717) is 16.8 Å². The maximum Gasteiger partial charge on any atom is 0.253 e. The first kappa shape index (κ1) is 22.0. The van der Waals surface area contributed by atoms with Gasteiger partial charge in [0.1, 0.15) is 5.75 Å². The van der Waals surface area contributed by atoms with Crippen molar-refractivity contribution in [2.75, 3.05) is 24.2 Å². The van der Waals surface area contributed by atoms with Gasteiger partial charge in [-0.2, -0.15) is 0 Å². The van der Waals surface area contributed by atoms with Gasteiger partial charge in [-0.25, -0.2) is 8.42 Å². The summed E-state index contributed by atoms with van der Waals surface area (Å²) in [5.41, 5.74) is 2.62. The summed E-state index contributed by atoms with van der Waals surface area (Å²) < 4.78 is 25.1. The lowest BCUT2D eigenvalue weighted by Gasteiger charge is -2.20. The van der Waals surface area contributed by atoms with E-state index >= 15 is 0 Å². The van der Waals surface area contributed by atoms with E-state index in [0.717, 1.165) is 44.3 Å². The van der Waals surface area contributed by atoms with Gasteiger partial charge in [-0.05, 0) is 49.6 Å². The molecule has 0 atom stereocenters. The number of rotatable bonds is 6. The van der Waals surface area contributed by atoms with Crippen LogP contribution in [-0.2, 0) is 20.4 Å². The van der Waals surface area contributed by atoms with Crippen molar-refractivity contribution in [2.24, 2.45) is 0 Å². The third kappa shape index (κ3) is 6.42. The Morgan fingerprint density at radius 3 is 2.30 bits per heavy atom. The Morgan fingerprint density at radius 2 is 1.63 bits per heavy atom. The molecule has 1 fully saturated rings. The normalized spacial score (nSPS) is 14.8. The van der Waals surface area contributed by atoms with Crippen molar-refractivity contribution in [3.05, 3.63) is 65.2 Å². The van der Waals surface area contributed by atoms with E-state index in [1.807, 2.05) is 24.0 Å². The second-order valence-corrected chi connectivity index (χ2v) is 9.92. The van der Waals surface area contributed by atoms with Gasteiger partial charge in [0.05, 0.1) is 5.75 Å². The van der Waals surface area contributed by atoms with Crippen LogP contribution < -0.4 is 5.32 Å². The van der Waals surface area contributed by atoms with Crippen LogP contribution in [0.15, 0.2) is 48.5 Å². The third-order valence-electron chi connectivity index (χ3n) is 5.14. The smallest absolute Gasteiger partial charge is 0.253 e. The lowest BCUT2D eigenvalue weighted by Crippen LogP contribution is -2.31. The Hall–Kier alpha value is -2.67. The molecule has 0 radical (unpaired) electrons. The molecule has 0 unspecified atom stereocenters. The topological polar surface area (TPSA) is 83.5 Å². The summed E-state index contributed by atoms with van der Waals surface area (Å²) in [5, 5.41) is 2.61. The molecule has 0 aromatic heterocycles. The highest BCUT2D eigenvalue weighted by atomic mass is 32.2. The van der Waals surface area contributed by atoms with Gasteiger partial charge in [-0.15, -0.1) is 0 Å². The zero-order valence-electron chi connectivity index (χ0n) is 17.3. The number of anilines is 1. The maximum atomic E-state index is 12.8. The molecule has 3 rings (SSSR count). The Labute approximate surface area is 178 Å². The average molecular weight is 429 g/mol. The summed E-state index contributed by atoms with van der Waals surface area (Å²) in [6.45, 7) is 3.41. The zero-order valence-corrected chi connectivity index (χ0v) is 18.1. The maximum absolute atomic E-state index is 12.8. The summed E-state index contributed by atoms with van der Waals surface area (Å²) in [7, 11) is -3.67. The molecular formula is C23H28N2O4S. The standard InChI is InChI=1S/C23H28N2O4S/c1-18-9-11-21(12-10-18)24-22(26)17-30(28,29)16-19-7-6-8-20(15-19)23(27)25-13-4-2-3-5-14-25/h6-12,15H,2-5,13-14,16-17H2,1H3,(H,24,26). The van der Waals surface area contributed by atoms with Crippen molar-refractivity contribution in [1.82, 2.24) is 4.90 Å². The number of nitrogens with one attached hydrogen (secondary N) is 1. The molecule has 0 bridgehead atoms. The van der Waals surface area contributed by atoms with Crippen LogP contribution in [0, 0.1) is 6.92 Å². The average Bonchev–Trinajstić information content (AvgIpc) is 2.98. The fourth-order valence-corrected chi connectivity index (χ4v) is 4.85. The number of benzene rings is 2. The molecule has 1 saturated heterocycles. The fraction of sp³-hybridized carbons (Fsp3) is 0.391. The molecule has 1 heterocycles. The molecule has 1 aliphatic rings.